The van der Waals surface area contributed by atoms with Crippen LogP contribution >= 0.6 is 11.3 Å². The number of aromatic amines is 2. The van der Waals surface area contributed by atoms with Crippen molar-refractivity contribution in [3.8, 4) is 11.4 Å². The molecule has 6 heteroatoms. The molecule has 1 aliphatic carbocycles. The molecule has 1 aromatic carbocycles. The summed E-state index contributed by atoms with van der Waals surface area (Å²) in [5, 5.41) is 15.4. The number of H-pyrrole nitrogens is 2. The highest BCUT2D eigenvalue weighted by Crippen LogP contribution is 2.37. The molecule has 0 aliphatic heterocycles. The number of hydrogen-bond donors (Lipinski definition) is 3. The molecule has 1 aliphatic rings. The van der Waals surface area contributed by atoms with Gasteiger partial charge in [0.1, 0.15) is 0 Å². The number of nitrogens with zero attached hydrogens (tertiary/aromatic N) is 1. The van der Waals surface area contributed by atoms with Gasteiger partial charge < -0.3 is 10.3 Å². The fourth-order valence-corrected chi connectivity index (χ4v) is 4.23. The number of aryl methyl sites for hydroxylation is 2. The lowest BCUT2D eigenvalue weighted by Crippen LogP contribution is -2.13. The number of fused-ring (bicyclic) bond motifs is 5. The molecule has 0 saturated heterocycles. The molecule has 5 rings (SSSR count). The number of amides is 1. The molecule has 0 atom stereocenters. The zero-order chi connectivity index (χ0) is 16.8. The first-order valence-corrected chi connectivity index (χ1v) is 9.20. The number of carbonyl (C=O) groups is 1. The highest BCUT2D eigenvalue weighted by Gasteiger charge is 2.22. The minimum Gasteiger partial charge on any atom is -0.353 e. The molecule has 0 spiro atoms. The van der Waals surface area contributed by atoms with E-state index < -0.39 is 0 Å². The lowest BCUT2D eigenvalue weighted by molar-refractivity contribution is -0.115. The summed E-state index contributed by atoms with van der Waals surface area (Å²) in [6.07, 6.45) is 4.28. The topological polar surface area (TPSA) is 73.6 Å². The zero-order valence-electron chi connectivity index (χ0n) is 13.4. The molecule has 0 radical (unpaired) electrons. The van der Waals surface area contributed by atoms with Crippen molar-refractivity contribution < 1.29 is 4.79 Å². The summed E-state index contributed by atoms with van der Waals surface area (Å²) in [6, 6.07) is 8.03. The summed E-state index contributed by atoms with van der Waals surface area (Å²) < 4.78 is 0. The average molecular weight is 348 g/mol. The van der Waals surface area contributed by atoms with E-state index in [0.29, 0.717) is 6.42 Å². The Hall–Kier alpha value is -2.86. The van der Waals surface area contributed by atoms with Gasteiger partial charge in [-0.05, 0) is 64.6 Å². The van der Waals surface area contributed by atoms with Crippen molar-refractivity contribution in [1.82, 2.24) is 15.2 Å². The number of thiophene rings is 1. The lowest BCUT2D eigenvalue weighted by atomic mass is 9.94. The van der Waals surface area contributed by atoms with Crippen LogP contribution in [0.5, 0.6) is 0 Å². The van der Waals surface area contributed by atoms with Gasteiger partial charge in [-0.3, -0.25) is 9.89 Å². The summed E-state index contributed by atoms with van der Waals surface area (Å²) in [5.41, 5.74) is 7.72. The monoisotopic (exact) mass is 348 g/mol. The molecule has 3 N–H and O–H groups in total. The van der Waals surface area contributed by atoms with Gasteiger partial charge in [-0.1, -0.05) is 0 Å². The minimum absolute atomic E-state index is 0.0120. The summed E-state index contributed by atoms with van der Waals surface area (Å²) in [5.74, 6) is 0.0120. The Morgan fingerprint density at radius 1 is 1.24 bits per heavy atom. The van der Waals surface area contributed by atoms with Crippen LogP contribution in [0.25, 0.3) is 22.3 Å². The van der Waals surface area contributed by atoms with Crippen molar-refractivity contribution in [2.75, 3.05) is 5.32 Å². The number of aromatic nitrogens is 3. The Balaban J connectivity index is 1.47. The van der Waals surface area contributed by atoms with E-state index in [1.54, 1.807) is 11.3 Å². The van der Waals surface area contributed by atoms with Crippen molar-refractivity contribution in [3.63, 3.8) is 0 Å². The van der Waals surface area contributed by atoms with Crippen LogP contribution in [0.1, 0.15) is 16.7 Å². The maximum absolute atomic E-state index is 12.2. The first-order valence-electron chi connectivity index (χ1n) is 8.26. The fraction of sp³-hybridized carbons (Fsp3) is 0.158. The zero-order valence-corrected chi connectivity index (χ0v) is 14.2. The first-order chi connectivity index (χ1) is 12.3. The molecule has 0 unspecified atom stereocenters. The van der Waals surface area contributed by atoms with Gasteiger partial charge >= 0.3 is 0 Å². The SMILES string of the molecule is O=C(Cc1ccsc1)Nc1ccc2[nH]c3c(c2c1)CCc1cn[nH]c1-3. The third-order valence-corrected chi connectivity index (χ3v) is 5.48. The maximum atomic E-state index is 12.2. The number of benzene rings is 1. The molecule has 3 heterocycles. The molecular weight excluding hydrogens is 332 g/mol. The van der Waals surface area contributed by atoms with E-state index in [9.17, 15) is 4.79 Å². The highest BCUT2D eigenvalue weighted by atomic mass is 32.1. The standard InChI is InChI=1S/C19H16N4OS/c24-17(7-11-5-6-25-10-11)21-13-2-4-16-15(8-13)14-3-1-12-9-20-23-18(12)19(14)22-16/h2,4-6,8-10,22H,1,3,7H2,(H,20,23)(H,21,24). The number of nitrogens with one attached hydrogen (secondary N) is 3. The van der Waals surface area contributed by atoms with Crippen LogP contribution < -0.4 is 5.32 Å². The van der Waals surface area contributed by atoms with Gasteiger partial charge in [-0.2, -0.15) is 16.4 Å². The second kappa shape index (κ2) is 5.60. The fourth-order valence-electron chi connectivity index (χ4n) is 3.56. The summed E-state index contributed by atoms with van der Waals surface area (Å²) in [4.78, 5) is 15.7. The molecule has 25 heavy (non-hydrogen) atoms. The summed E-state index contributed by atoms with van der Waals surface area (Å²) in [6.45, 7) is 0. The smallest absolute Gasteiger partial charge is 0.228 e. The average Bonchev–Trinajstić information content (AvgIpc) is 3.32. The van der Waals surface area contributed by atoms with Crippen LogP contribution in [0.3, 0.4) is 0 Å². The van der Waals surface area contributed by atoms with Crippen molar-refractivity contribution in [2.45, 2.75) is 19.3 Å². The number of rotatable bonds is 3. The Morgan fingerprint density at radius 3 is 3.08 bits per heavy atom. The van der Waals surface area contributed by atoms with Crippen LogP contribution in [0, 0.1) is 0 Å². The molecule has 1 amide bonds. The number of anilines is 1. The molecule has 3 aromatic heterocycles. The van der Waals surface area contributed by atoms with E-state index in [1.807, 2.05) is 35.2 Å². The van der Waals surface area contributed by atoms with E-state index in [-0.39, 0.29) is 5.91 Å². The van der Waals surface area contributed by atoms with Crippen molar-refractivity contribution in [1.29, 1.82) is 0 Å². The predicted molar refractivity (Wildman–Crippen MR) is 99.9 cm³/mol. The second-order valence-corrected chi connectivity index (χ2v) is 7.15. The van der Waals surface area contributed by atoms with E-state index >= 15 is 0 Å². The molecule has 0 fully saturated rings. The van der Waals surface area contributed by atoms with Gasteiger partial charge in [0.05, 0.1) is 24.0 Å². The highest BCUT2D eigenvalue weighted by molar-refractivity contribution is 7.08. The van der Waals surface area contributed by atoms with Gasteiger partial charge in [-0.25, -0.2) is 0 Å². The van der Waals surface area contributed by atoms with Gasteiger partial charge in [0.25, 0.3) is 0 Å². The first kappa shape index (κ1) is 14.5. The van der Waals surface area contributed by atoms with Gasteiger partial charge in [-0.15, -0.1) is 0 Å². The molecule has 4 aromatic rings. The van der Waals surface area contributed by atoms with E-state index in [2.05, 4.69) is 26.6 Å². The number of carbonyl (C=O) groups excluding carboxylic acids is 1. The van der Waals surface area contributed by atoms with Crippen LogP contribution in [0.15, 0.2) is 41.2 Å². The second-order valence-electron chi connectivity index (χ2n) is 6.37. The van der Waals surface area contributed by atoms with Crippen molar-refractivity contribution >= 4 is 33.8 Å². The number of hydrogen-bond acceptors (Lipinski definition) is 3. The quantitative estimate of drug-likeness (QED) is 0.525. The maximum Gasteiger partial charge on any atom is 0.228 e. The molecule has 124 valence electrons. The Kier molecular flexibility index (Phi) is 3.24. The van der Waals surface area contributed by atoms with Gasteiger partial charge in [0.15, 0.2) is 0 Å². The third-order valence-electron chi connectivity index (χ3n) is 4.75. The van der Waals surface area contributed by atoms with Crippen LogP contribution in [-0.4, -0.2) is 21.1 Å². The van der Waals surface area contributed by atoms with Crippen molar-refractivity contribution in [2.24, 2.45) is 0 Å². The Morgan fingerprint density at radius 2 is 2.20 bits per heavy atom. The largest absolute Gasteiger partial charge is 0.353 e. The minimum atomic E-state index is 0.0120. The Bertz CT molecular complexity index is 1070. The summed E-state index contributed by atoms with van der Waals surface area (Å²) in [7, 11) is 0. The van der Waals surface area contributed by atoms with E-state index in [1.165, 1.54) is 16.5 Å². The van der Waals surface area contributed by atoms with Gasteiger partial charge in [0.2, 0.25) is 5.91 Å². The third kappa shape index (κ3) is 2.46. The van der Waals surface area contributed by atoms with Gasteiger partial charge in [0, 0.05) is 16.6 Å². The predicted octanol–water partition coefficient (Wildman–Crippen LogP) is 3.90. The molecule has 0 saturated carbocycles. The molecular formula is C19H16N4OS. The van der Waals surface area contributed by atoms with E-state index in [0.717, 1.165) is 41.0 Å². The molecule has 5 nitrogen and oxygen atoms in total. The van der Waals surface area contributed by atoms with Crippen molar-refractivity contribution in [3.05, 3.63) is 57.9 Å². The molecule has 0 bridgehead atoms. The Labute approximate surface area is 148 Å². The van der Waals surface area contributed by atoms with E-state index in [4.69, 9.17) is 0 Å². The summed E-state index contributed by atoms with van der Waals surface area (Å²) >= 11 is 1.61. The van der Waals surface area contributed by atoms with Crippen LogP contribution in [-0.2, 0) is 24.1 Å². The van der Waals surface area contributed by atoms with Crippen LogP contribution in [0.4, 0.5) is 5.69 Å². The van der Waals surface area contributed by atoms with Crippen LogP contribution in [0.2, 0.25) is 0 Å². The normalized spacial score (nSPS) is 12.8. The lowest BCUT2D eigenvalue weighted by Gasteiger charge is -2.11.